The molecule has 1 saturated heterocycles. The predicted octanol–water partition coefficient (Wildman–Crippen LogP) is 3.59. The van der Waals surface area contributed by atoms with Crippen LogP contribution in [0.3, 0.4) is 0 Å². The first-order valence-electron chi connectivity index (χ1n) is 8.60. The van der Waals surface area contributed by atoms with Crippen molar-refractivity contribution < 1.29 is 14.0 Å². The van der Waals surface area contributed by atoms with Crippen LogP contribution in [-0.4, -0.2) is 50.6 Å². The lowest BCUT2D eigenvalue weighted by molar-refractivity contribution is 0.0178. The molecule has 2 N–H and O–H groups in total. The van der Waals surface area contributed by atoms with E-state index in [1.165, 1.54) is 0 Å². The monoisotopic (exact) mass is 344 g/mol. The zero-order valence-electron chi connectivity index (χ0n) is 16.2. The maximum Gasteiger partial charge on any atom is 0.410 e. The van der Waals surface area contributed by atoms with Crippen molar-refractivity contribution in [1.82, 2.24) is 4.90 Å². The average molecular weight is 345 g/mol. The maximum atomic E-state index is 12.5. The van der Waals surface area contributed by atoms with Gasteiger partial charge in [-0.15, -0.1) is 0 Å². The lowest BCUT2D eigenvalue weighted by atomic mass is 10.1. The maximum absolute atomic E-state index is 12.5. The Balaban J connectivity index is 2.75. The van der Waals surface area contributed by atoms with Crippen molar-refractivity contribution in [2.45, 2.75) is 77.7 Å². The Hall–Kier alpha value is -0.593. The van der Waals surface area contributed by atoms with Gasteiger partial charge in [-0.25, -0.2) is 4.79 Å². The Bertz CT molecular complexity index is 413. The summed E-state index contributed by atoms with van der Waals surface area (Å²) >= 11 is 0. The minimum Gasteiger partial charge on any atom is -0.444 e. The molecule has 1 amide bonds. The molecule has 0 aromatic rings. The van der Waals surface area contributed by atoms with Gasteiger partial charge >= 0.3 is 6.09 Å². The molecule has 1 fully saturated rings. The summed E-state index contributed by atoms with van der Waals surface area (Å²) in [5, 5.41) is 0.162. The highest BCUT2D eigenvalue weighted by Crippen LogP contribution is 2.37. The number of ether oxygens (including phenoxy) is 1. The van der Waals surface area contributed by atoms with Gasteiger partial charge < -0.3 is 19.8 Å². The molecule has 0 saturated carbocycles. The quantitative estimate of drug-likeness (QED) is 0.792. The molecule has 5 nitrogen and oxygen atoms in total. The molecule has 2 atom stereocenters. The lowest BCUT2D eigenvalue weighted by Gasteiger charge is -2.38. The summed E-state index contributed by atoms with van der Waals surface area (Å²) in [6, 6.07) is 0.0625. The van der Waals surface area contributed by atoms with Gasteiger partial charge in [0.1, 0.15) is 5.60 Å². The van der Waals surface area contributed by atoms with Gasteiger partial charge in [-0.05, 0) is 57.8 Å². The van der Waals surface area contributed by atoms with Crippen LogP contribution >= 0.6 is 0 Å². The highest BCUT2D eigenvalue weighted by Gasteiger charge is 2.41. The van der Waals surface area contributed by atoms with Crippen molar-refractivity contribution >= 4 is 14.4 Å². The smallest absolute Gasteiger partial charge is 0.410 e. The van der Waals surface area contributed by atoms with E-state index in [9.17, 15) is 4.79 Å². The topological polar surface area (TPSA) is 64.8 Å². The van der Waals surface area contributed by atoms with E-state index in [0.29, 0.717) is 25.6 Å². The van der Waals surface area contributed by atoms with E-state index in [2.05, 4.69) is 33.9 Å². The highest BCUT2D eigenvalue weighted by molar-refractivity contribution is 6.74. The summed E-state index contributed by atoms with van der Waals surface area (Å²) in [4.78, 5) is 14.3. The molecule has 0 aliphatic carbocycles. The van der Waals surface area contributed by atoms with E-state index < -0.39 is 13.9 Å². The lowest BCUT2D eigenvalue weighted by Crippen LogP contribution is -2.46. The van der Waals surface area contributed by atoms with Gasteiger partial charge in [0.05, 0.1) is 12.6 Å². The molecule has 0 radical (unpaired) electrons. The van der Waals surface area contributed by atoms with Crippen LogP contribution < -0.4 is 5.73 Å². The van der Waals surface area contributed by atoms with Gasteiger partial charge in [0.25, 0.3) is 0 Å². The van der Waals surface area contributed by atoms with Gasteiger partial charge in [-0.3, -0.25) is 0 Å². The third-order valence-electron chi connectivity index (χ3n) is 4.91. The number of hydrogen-bond donors (Lipinski definition) is 1. The van der Waals surface area contributed by atoms with Crippen molar-refractivity contribution in [2.75, 3.05) is 19.7 Å². The van der Waals surface area contributed by atoms with E-state index in [4.69, 9.17) is 14.9 Å². The third kappa shape index (κ3) is 5.76. The van der Waals surface area contributed by atoms with Crippen molar-refractivity contribution in [3.8, 4) is 0 Å². The van der Waals surface area contributed by atoms with Crippen LogP contribution in [0.15, 0.2) is 0 Å². The summed E-state index contributed by atoms with van der Waals surface area (Å²) in [7, 11) is -1.83. The summed E-state index contributed by atoms with van der Waals surface area (Å²) in [5.41, 5.74) is 5.34. The number of rotatable bonds is 4. The van der Waals surface area contributed by atoms with Crippen LogP contribution in [0.4, 0.5) is 4.79 Å². The van der Waals surface area contributed by atoms with Crippen LogP contribution in [-0.2, 0) is 9.16 Å². The first kappa shape index (κ1) is 20.5. The number of hydrogen-bond acceptors (Lipinski definition) is 4. The van der Waals surface area contributed by atoms with Crippen molar-refractivity contribution in [3.63, 3.8) is 0 Å². The average Bonchev–Trinajstić information content (AvgIpc) is 2.76. The standard InChI is InChI=1S/C17H36N2O3Si/c1-16(2,3)22-15(20)19-11-13(10-18)9-14(19)12-21-23(7,8)17(4,5)6/h13-14H,9-12,18H2,1-8H3/t13-,14+/m1/s1. The fourth-order valence-corrected chi connectivity index (χ4v) is 3.45. The second-order valence-corrected chi connectivity index (χ2v) is 14.0. The SMILES string of the molecule is CC(C)(C)OC(=O)N1C[C@@H](CN)C[C@H]1CO[Si](C)(C)C(C)(C)C. The van der Waals surface area contributed by atoms with Crippen molar-refractivity contribution in [1.29, 1.82) is 0 Å². The van der Waals surface area contributed by atoms with Crippen LogP contribution in [0.1, 0.15) is 48.0 Å². The number of carbonyl (C=O) groups excluding carboxylic acids is 1. The van der Waals surface area contributed by atoms with Gasteiger partial charge in [-0.1, -0.05) is 20.8 Å². The molecule has 0 aromatic carbocycles. The Labute approximate surface area is 143 Å². The summed E-state index contributed by atoms with van der Waals surface area (Å²) in [6.07, 6.45) is 0.641. The largest absolute Gasteiger partial charge is 0.444 e. The number of carbonyl (C=O) groups is 1. The van der Waals surface area contributed by atoms with Gasteiger partial charge in [0, 0.05) is 6.54 Å². The van der Waals surface area contributed by atoms with Gasteiger partial charge in [0.2, 0.25) is 0 Å². The summed E-state index contributed by atoms with van der Waals surface area (Å²) in [6.45, 7) is 18.7. The number of nitrogens with zero attached hydrogens (tertiary/aromatic N) is 1. The zero-order valence-corrected chi connectivity index (χ0v) is 17.2. The normalized spacial score (nSPS) is 23.3. The first-order chi connectivity index (χ1) is 10.3. The minimum atomic E-state index is -1.83. The van der Waals surface area contributed by atoms with Crippen LogP contribution in [0.5, 0.6) is 0 Å². The predicted molar refractivity (Wildman–Crippen MR) is 97.0 cm³/mol. The second kappa shape index (κ2) is 7.11. The number of likely N-dealkylation sites (tertiary alicyclic amines) is 1. The molecule has 1 rings (SSSR count). The molecule has 1 aliphatic rings. The first-order valence-corrected chi connectivity index (χ1v) is 11.5. The molecule has 1 heterocycles. The van der Waals surface area contributed by atoms with Crippen molar-refractivity contribution in [2.24, 2.45) is 11.7 Å². The molecular weight excluding hydrogens is 308 g/mol. The van der Waals surface area contributed by atoms with Crippen LogP contribution in [0.2, 0.25) is 18.1 Å². The second-order valence-electron chi connectivity index (χ2n) is 9.20. The van der Waals surface area contributed by atoms with Crippen molar-refractivity contribution in [3.05, 3.63) is 0 Å². The Morgan fingerprint density at radius 3 is 2.22 bits per heavy atom. The Morgan fingerprint density at radius 2 is 1.78 bits per heavy atom. The molecule has 1 aliphatic heterocycles. The van der Waals surface area contributed by atoms with Crippen LogP contribution in [0, 0.1) is 5.92 Å². The van der Waals surface area contributed by atoms with Gasteiger partial charge in [0.15, 0.2) is 8.32 Å². The van der Waals surface area contributed by atoms with Gasteiger partial charge in [-0.2, -0.15) is 0 Å². The number of nitrogens with two attached hydrogens (primary N) is 1. The minimum absolute atomic E-state index is 0.0625. The van der Waals surface area contributed by atoms with Crippen LogP contribution in [0.25, 0.3) is 0 Å². The van der Waals surface area contributed by atoms with E-state index in [1.807, 2.05) is 25.7 Å². The van der Waals surface area contributed by atoms with E-state index in [-0.39, 0.29) is 17.2 Å². The zero-order chi connectivity index (χ0) is 18.1. The number of amides is 1. The van der Waals surface area contributed by atoms with E-state index in [0.717, 1.165) is 6.42 Å². The fourth-order valence-electron chi connectivity index (χ4n) is 2.41. The van der Waals surface area contributed by atoms with E-state index in [1.54, 1.807) is 0 Å². The molecule has 136 valence electrons. The summed E-state index contributed by atoms with van der Waals surface area (Å²) in [5.74, 6) is 0.329. The van der Waals surface area contributed by atoms with E-state index >= 15 is 0 Å². The molecule has 0 aromatic heterocycles. The molecule has 0 bridgehead atoms. The Morgan fingerprint density at radius 1 is 1.22 bits per heavy atom. The fraction of sp³-hybridized carbons (Fsp3) is 0.941. The molecule has 6 heteroatoms. The highest BCUT2D eigenvalue weighted by atomic mass is 28.4. The third-order valence-corrected chi connectivity index (χ3v) is 9.41. The molecule has 0 spiro atoms. The summed E-state index contributed by atoms with van der Waals surface area (Å²) < 4.78 is 11.9. The Kier molecular flexibility index (Phi) is 6.32. The molecule has 23 heavy (non-hydrogen) atoms. The molecule has 0 unspecified atom stereocenters. The molecular formula is C17H36N2O3Si.